The zero-order valence-corrected chi connectivity index (χ0v) is 54.4. The highest BCUT2D eigenvalue weighted by Gasteiger charge is 2.37. The van der Waals surface area contributed by atoms with Gasteiger partial charge in [-0.25, -0.2) is 0 Å². The summed E-state index contributed by atoms with van der Waals surface area (Å²) in [5.41, 5.74) is 29.6. The molecule has 0 spiro atoms. The van der Waals surface area contributed by atoms with Gasteiger partial charge in [0.05, 0.1) is 44.1 Å². The van der Waals surface area contributed by atoms with E-state index >= 15 is 0 Å². The molecule has 0 saturated heterocycles. The van der Waals surface area contributed by atoms with Crippen LogP contribution in [0.5, 0.6) is 23.0 Å². The van der Waals surface area contributed by atoms with Crippen molar-refractivity contribution in [2.75, 3.05) is 0 Å². The van der Waals surface area contributed by atoms with Crippen LogP contribution in [0.3, 0.4) is 0 Å². The summed E-state index contributed by atoms with van der Waals surface area (Å²) in [5, 5.41) is 9.70. The lowest BCUT2D eigenvalue weighted by molar-refractivity contribution is 0.487. The lowest BCUT2D eigenvalue weighted by Crippen LogP contribution is -2.56. The molecule has 0 atom stereocenters. The van der Waals surface area contributed by atoms with Gasteiger partial charge >= 0.3 is 0 Å². The first-order valence-corrected chi connectivity index (χ1v) is 33.8. The average Bonchev–Trinajstić information content (AvgIpc) is 1.72. The smallest absolute Gasteiger partial charge is 0.251 e. The molecule has 6 nitrogen and oxygen atoms in total. The molecular weight excluding hydrogens is 1180 g/mol. The van der Waals surface area contributed by atoms with Gasteiger partial charge in [0.2, 0.25) is 0 Å². The zero-order chi connectivity index (χ0) is 64.5. The van der Waals surface area contributed by atoms with Crippen molar-refractivity contribution < 1.29 is 9.47 Å². The molecule has 8 heteroatoms. The van der Waals surface area contributed by atoms with Crippen LogP contribution in [0.15, 0.2) is 285 Å². The molecule has 18 aromatic rings. The Morgan fingerprint density at radius 2 is 0.629 bits per heavy atom. The topological polar surface area (TPSA) is 38.2 Å². The quantitative estimate of drug-likeness (QED) is 0.149. The molecule has 2 aliphatic rings. The molecule has 0 fully saturated rings. The van der Waals surface area contributed by atoms with Crippen molar-refractivity contribution in [3.8, 4) is 56.9 Å². The van der Waals surface area contributed by atoms with Gasteiger partial charge in [-0.1, -0.05) is 215 Å². The number of aromatic nitrogens is 4. The molecule has 0 saturated carbocycles. The lowest BCUT2D eigenvalue weighted by Gasteiger charge is -2.29. The Morgan fingerprint density at radius 3 is 1.18 bits per heavy atom. The van der Waals surface area contributed by atoms with Gasteiger partial charge in [-0.2, -0.15) is 0 Å². The van der Waals surface area contributed by atoms with Crippen LogP contribution >= 0.6 is 0 Å². The van der Waals surface area contributed by atoms with E-state index in [1.165, 1.54) is 109 Å². The summed E-state index contributed by atoms with van der Waals surface area (Å²) >= 11 is 0. The number of rotatable bonds is 7. The van der Waals surface area contributed by atoms with E-state index in [1.54, 1.807) is 0 Å². The Morgan fingerprint density at radius 1 is 0.247 bits per heavy atom. The number of para-hydroxylation sites is 6. The fourth-order valence-electron chi connectivity index (χ4n) is 17.4. The van der Waals surface area contributed by atoms with Crippen molar-refractivity contribution in [1.29, 1.82) is 0 Å². The van der Waals surface area contributed by atoms with Gasteiger partial charge in [0, 0.05) is 78.0 Å². The minimum absolute atomic E-state index is 0.0471. The number of nitrogens with zero attached hydrogens (tertiary/aromatic N) is 4. The van der Waals surface area contributed by atoms with Crippen molar-refractivity contribution in [2.24, 2.45) is 0 Å². The van der Waals surface area contributed by atoms with Crippen LogP contribution in [0.25, 0.3) is 121 Å². The first kappa shape index (κ1) is 55.5. The first-order chi connectivity index (χ1) is 47.7. The fourth-order valence-corrected chi connectivity index (χ4v) is 17.4. The minimum atomic E-state index is -0.0926. The number of hydrogen-bond donors (Lipinski definition) is 0. The number of fused-ring (bicyclic) bond motifs is 16. The van der Waals surface area contributed by atoms with Crippen molar-refractivity contribution in [1.82, 2.24) is 18.3 Å². The summed E-state index contributed by atoms with van der Waals surface area (Å²) < 4.78 is 23.9. The number of aryl methyl sites for hydroxylation is 5. The lowest BCUT2D eigenvalue weighted by atomic mass is 9.34. The molecule has 0 amide bonds. The molecule has 20 rings (SSSR count). The van der Waals surface area contributed by atoms with E-state index in [0.29, 0.717) is 0 Å². The molecule has 4 aromatic heterocycles. The Balaban J connectivity index is 0.697. The van der Waals surface area contributed by atoms with Crippen LogP contribution in [0.4, 0.5) is 0 Å². The van der Waals surface area contributed by atoms with E-state index in [1.807, 2.05) is 0 Å². The summed E-state index contributed by atoms with van der Waals surface area (Å²) in [6.07, 6.45) is 0. The number of benzene rings is 14. The van der Waals surface area contributed by atoms with Gasteiger partial charge in [-0.15, -0.1) is 0 Å². The predicted molar refractivity (Wildman–Crippen MR) is 408 cm³/mol. The molecule has 0 aliphatic carbocycles. The van der Waals surface area contributed by atoms with Crippen LogP contribution in [0.2, 0.25) is 0 Å². The predicted octanol–water partition coefficient (Wildman–Crippen LogP) is 18.5. The zero-order valence-electron chi connectivity index (χ0n) is 54.4. The molecule has 2 aliphatic heterocycles. The van der Waals surface area contributed by atoms with E-state index in [2.05, 4.69) is 338 Å². The summed E-state index contributed by atoms with van der Waals surface area (Å²) in [6.45, 7) is 11.2. The maximum absolute atomic E-state index is 7.27. The minimum Gasteiger partial charge on any atom is -0.458 e. The van der Waals surface area contributed by atoms with Gasteiger partial charge in [0.15, 0.2) is 0 Å². The third-order valence-corrected chi connectivity index (χ3v) is 21.4. The van der Waals surface area contributed by atoms with Gasteiger partial charge in [-0.05, 0) is 165 Å². The number of hydrogen-bond acceptors (Lipinski definition) is 2. The molecule has 0 unspecified atom stereocenters. The molecule has 0 bridgehead atoms. The number of ether oxygens (including phenoxy) is 2. The van der Waals surface area contributed by atoms with Crippen molar-refractivity contribution in [2.45, 2.75) is 34.6 Å². The van der Waals surface area contributed by atoms with Gasteiger partial charge < -0.3 is 27.7 Å². The Kier molecular flexibility index (Phi) is 12.0. The molecule has 0 radical (unpaired) electrons. The maximum atomic E-state index is 7.27. The fraction of sp³-hybridized carbons (Fsp3) is 0.0562. The average molecular weight is 1240 g/mol. The van der Waals surface area contributed by atoms with E-state index in [0.717, 1.165) is 95.3 Å². The summed E-state index contributed by atoms with van der Waals surface area (Å²) in [6, 6.07) is 105. The second-order valence-electron chi connectivity index (χ2n) is 27.0. The Labute approximate surface area is 562 Å². The summed E-state index contributed by atoms with van der Waals surface area (Å²) in [5.74, 6) is 3.52. The van der Waals surface area contributed by atoms with Crippen molar-refractivity contribution >= 4 is 133 Å². The van der Waals surface area contributed by atoms with Gasteiger partial charge in [0.25, 0.3) is 13.4 Å². The van der Waals surface area contributed by atoms with Crippen molar-refractivity contribution in [3.63, 3.8) is 0 Å². The normalized spacial score (nSPS) is 12.7. The van der Waals surface area contributed by atoms with E-state index in [-0.39, 0.29) is 13.4 Å². The van der Waals surface area contributed by atoms with Gasteiger partial charge in [0.1, 0.15) is 23.0 Å². The third kappa shape index (κ3) is 8.17. The van der Waals surface area contributed by atoms with Gasteiger partial charge in [-0.3, -0.25) is 0 Å². The molecule has 97 heavy (non-hydrogen) atoms. The van der Waals surface area contributed by atoms with Crippen molar-refractivity contribution in [3.05, 3.63) is 313 Å². The molecular formula is C89H62B2N4O2. The van der Waals surface area contributed by atoms with E-state index in [9.17, 15) is 0 Å². The van der Waals surface area contributed by atoms with Crippen LogP contribution in [-0.2, 0) is 0 Å². The van der Waals surface area contributed by atoms with Crippen LogP contribution in [0.1, 0.15) is 27.8 Å². The van der Waals surface area contributed by atoms with E-state index < -0.39 is 0 Å². The van der Waals surface area contributed by atoms with Crippen LogP contribution in [-0.4, -0.2) is 31.7 Å². The first-order valence-electron chi connectivity index (χ1n) is 33.8. The molecule has 0 N–H and O–H groups in total. The highest BCUT2D eigenvalue weighted by atomic mass is 16.5. The molecule has 14 aromatic carbocycles. The summed E-state index contributed by atoms with van der Waals surface area (Å²) in [4.78, 5) is 0. The second-order valence-corrected chi connectivity index (χ2v) is 27.0. The highest BCUT2D eigenvalue weighted by Crippen LogP contribution is 2.44. The van der Waals surface area contributed by atoms with Crippen LogP contribution in [0, 0.1) is 34.6 Å². The van der Waals surface area contributed by atoms with Crippen LogP contribution < -0.4 is 42.3 Å². The second kappa shape index (κ2) is 21.0. The maximum Gasteiger partial charge on any atom is 0.251 e. The molecule has 456 valence electrons. The Bertz CT molecular complexity index is 6340. The Hall–Kier alpha value is -12.0. The third-order valence-electron chi connectivity index (χ3n) is 21.4. The molecule has 6 heterocycles. The van der Waals surface area contributed by atoms with E-state index in [4.69, 9.17) is 9.47 Å². The monoisotopic (exact) mass is 1240 g/mol. The largest absolute Gasteiger partial charge is 0.458 e. The standard InChI is InChI=1S/C89H62B2N4O2/c1-53-46-56(4)89(57(5)47-53)90-71-28-11-17-35-83(71)96-85-51-61(37-41-72(85)90)93-78-32-15-9-25-67(78)70-50-60(40-44-81(70)93)95-79-33-16-10-26-68(79)87-63(27-19-34-82(87)95)58-36-45-84-74(48-58)91(88-54(2)20-18-21-55(88)3)73-42-38-62(52-86(73)97-84)94-77-31-14-8-24-66(77)69-49-59(39-43-80(69)94)92-75-29-12-6-22-64(75)65-23-7-13-30-76(65)92/h6-52H,1-5H3. The summed E-state index contributed by atoms with van der Waals surface area (Å²) in [7, 11) is 0. The highest BCUT2D eigenvalue weighted by molar-refractivity contribution is 6.98. The SMILES string of the molecule is Cc1cc(C)c(B2c3ccccc3Oc3cc(-n4c5ccccc5c5cc(-n6c7ccccc7c7c(-c8ccc9c(c8)B(c8c(C)cccc8C)c8ccc(-n%10c%11ccccc%11c%11cc(-n%12c%13ccccc%13c%13ccccc%13%12)ccc%11%10)cc8O9)cccc76)ccc54)ccc32)c(C)c1.